The highest BCUT2D eigenvalue weighted by molar-refractivity contribution is 7.16. The van der Waals surface area contributed by atoms with E-state index >= 15 is 0 Å². The molecule has 3 fully saturated rings. The number of allylic oxidation sites excluding steroid dienone is 1. The molecule has 3 heterocycles. The lowest BCUT2D eigenvalue weighted by atomic mass is 9.89. The predicted octanol–water partition coefficient (Wildman–Crippen LogP) is 8.19. The van der Waals surface area contributed by atoms with Gasteiger partial charge in [0.15, 0.2) is 5.69 Å². The number of fused-ring (bicyclic) bond motifs is 1. The van der Waals surface area contributed by atoms with Crippen molar-refractivity contribution in [2.75, 3.05) is 13.1 Å². The molecule has 6 rings (SSSR count). The average Bonchev–Trinajstić information content (AvgIpc) is 3.67. The summed E-state index contributed by atoms with van der Waals surface area (Å²) >= 11 is 14.5. The highest BCUT2D eigenvalue weighted by Crippen LogP contribution is 2.38. The zero-order valence-corrected chi connectivity index (χ0v) is 24.1. The number of aromatic nitrogens is 2. The Morgan fingerprint density at radius 1 is 1.03 bits per heavy atom. The van der Waals surface area contributed by atoms with E-state index in [4.69, 9.17) is 28.3 Å². The number of nitrogens with zero attached hydrogens (tertiary/aromatic N) is 3. The SMILES string of the molecule is Cc1c(C(=O)NN2CC3CCCC3C2)nn(-c2ccc(Cl)cc2Cl)c1-c1ccc(C=CC2CCCCC2)s1. The van der Waals surface area contributed by atoms with Crippen LogP contribution in [0.4, 0.5) is 0 Å². The molecular weight excluding hydrogens is 535 g/mol. The molecule has 3 aliphatic rings. The van der Waals surface area contributed by atoms with Crippen LogP contribution < -0.4 is 5.43 Å². The molecule has 200 valence electrons. The third-order valence-corrected chi connectivity index (χ3v) is 10.1. The van der Waals surface area contributed by atoms with Crippen LogP contribution in [0.1, 0.15) is 72.3 Å². The number of hydrogen-bond donors (Lipinski definition) is 1. The predicted molar refractivity (Wildman–Crippen MR) is 157 cm³/mol. The summed E-state index contributed by atoms with van der Waals surface area (Å²) in [6.07, 6.45) is 15.1. The van der Waals surface area contributed by atoms with Crippen LogP contribution >= 0.6 is 34.5 Å². The van der Waals surface area contributed by atoms with Gasteiger partial charge in [-0.3, -0.25) is 10.2 Å². The van der Waals surface area contributed by atoms with Gasteiger partial charge in [-0.2, -0.15) is 5.10 Å². The molecule has 1 amide bonds. The van der Waals surface area contributed by atoms with Gasteiger partial charge in [0.2, 0.25) is 0 Å². The van der Waals surface area contributed by atoms with Crippen LogP contribution in [0.3, 0.4) is 0 Å². The van der Waals surface area contributed by atoms with E-state index in [2.05, 4.69) is 34.7 Å². The minimum absolute atomic E-state index is 0.165. The molecule has 2 saturated carbocycles. The molecule has 5 nitrogen and oxygen atoms in total. The third kappa shape index (κ3) is 5.33. The van der Waals surface area contributed by atoms with Crippen LogP contribution in [-0.4, -0.2) is 33.8 Å². The maximum atomic E-state index is 13.5. The lowest BCUT2D eigenvalue weighted by Crippen LogP contribution is -2.41. The number of hydrazine groups is 1. The van der Waals surface area contributed by atoms with Crippen LogP contribution in [0, 0.1) is 24.7 Å². The van der Waals surface area contributed by atoms with Crippen LogP contribution in [0.2, 0.25) is 10.0 Å². The van der Waals surface area contributed by atoms with E-state index in [1.54, 1.807) is 23.5 Å². The topological polar surface area (TPSA) is 50.2 Å². The number of halogens is 2. The first-order valence-electron chi connectivity index (χ1n) is 13.9. The number of amides is 1. The van der Waals surface area contributed by atoms with E-state index in [1.807, 2.05) is 17.7 Å². The summed E-state index contributed by atoms with van der Waals surface area (Å²) in [4.78, 5) is 15.8. The van der Waals surface area contributed by atoms with E-state index in [9.17, 15) is 4.79 Å². The normalized spacial score (nSPS) is 22.4. The fourth-order valence-corrected chi connectivity index (χ4v) is 7.98. The van der Waals surface area contributed by atoms with Gasteiger partial charge in [-0.25, -0.2) is 9.69 Å². The van der Waals surface area contributed by atoms with E-state index in [-0.39, 0.29) is 5.91 Å². The molecule has 3 aromatic rings. The Bertz CT molecular complexity index is 1340. The standard InChI is InChI=1S/C30H34Cl2N4OS/c1-19-28(30(37)34-35-17-21-8-5-9-22(21)18-35)33-36(26-14-11-23(31)16-25(26)32)29(19)27-15-13-24(38-27)12-10-20-6-3-2-4-7-20/h10-16,20-22H,2-9,17-18H2,1H3,(H,34,37). The summed E-state index contributed by atoms with van der Waals surface area (Å²) in [7, 11) is 0. The van der Waals surface area contributed by atoms with Crippen molar-refractivity contribution in [1.29, 1.82) is 0 Å². The van der Waals surface area contributed by atoms with Gasteiger partial charge in [0.05, 0.1) is 21.3 Å². The molecule has 1 aromatic carbocycles. The van der Waals surface area contributed by atoms with Crippen molar-refractivity contribution in [1.82, 2.24) is 20.2 Å². The number of carbonyl (C=O) groups excluding carboxylic acids is 1. The van der Waals surface area contributed by atoms with Crippen molar-refractivity contribution in [2.45, 2.75) is 58.3 Å². The second kappa shape index (κ2) is 11.2. The van der Waals surface area contributed by atoms with E-state index < -0.39 is 0 Å². The Balaban J connectivity index is 1.32. The molecule has 2 aliphatic carbocycles. The highest BCUT2D eigenvalue weighted by atomic mass is 35.5. The molecule has 38 heavy (non-hydrogen) atoms. The Kier molecular flexibility index (Phi) is 7.68. The van der Waals surface area contributed by atoms with Gasteiger partial charge in [-0.15, -0.1) is 11.3 Å². The molecule has 1 aliphatic heterocycles. The number of nitrogens with one attached hydrogen (secondary N) is 1. The van der Waals surface area contributed by atoms with Gasteiger partial charge in [0, 0.05) is 28.6 Å². The van der Waals surface area contributed by atoms with E-state index in [1.165, 1.54) is 56.2 Å². The first kappa shape index (κ1) is 26.1. The first-order chi connectivity index (χ1) is 18.5. The molecule has 2 aromatic heterocycles. The maximum absolute atomic E-state index is 13.5. The minimum Gasteiger partial charge on any atom is -0.283 e. The van der Waals surface area contributed by atoms with E-state index in [0.29, 0.717) is 39.2 Å². The van der Waals surface area contributed by atoms with Crippen molar-refractivity contribution in [3.05, 3.63) is 62.6 Å². The molecule has 1 saturated heterocycles. The van der Waals surface area contributed by atoms with Gasteiger partial charge < -0.3 is 0 Å². The second-order valence-corrected chi connectivity index (χ2v) is 13.0. The van der Waals surface area contributed by atoms with Crippen LogP contribution in [0.15, 0.2) is 36.4 Å². The monoisotopic (exact) mass is 568 g/mol. The smallest absolute Gasteiger partial charge is 0.283 e. The van der Waals surface area contributed by atoms with Crippen molar-refractivity contribution in [3.8, 4) is 16.3 Å². The Labute approximate surface area is 238 Å². The number of thiophene rings is 1. The molecule has 2 unspecified atom stereocenters. The summed E-state index contributed by atoms with van der Waals surface area (Å²) in [5.41, 5.74) is 6.02. The van der Waals surface area contributed by atoms with Crippen molar-refractivity contribution in [3.63, 3.8) is 0 Å². The second-order valence-electron chi connectivity index (χ2n) is 11.1. The molecule has 0 spiro atoms. The summed E-state index contributed by atoms with van der Waals surface area (Å²) in [6.45, 7) is 3.83. The fraction of sp³-hybridized carbons (Fsp3) is 0.467. The molecule has 2 atom stereocenters. The molecular formula is C30H34Cl2N4OS. The van der Waals surface area contributed by atoms with Gasteiger partial charge in [0.1, 0.15) is 0 Å². The van der Waals surface area contributed by atoms with Gasteiger partial charge in [-0.05, 0) is 86.8 Å². The average molecular weight is 570 g/mol. The Morgan fingerprint density at radius 3 is 2.53 bits per heavy atom. The van der Waals surface area contributed by atoms with Crippen LogP contribution in [-0.2, 0) is 0 Å². The summed E-state index contributed by atoms with van der Waals surface area (Å²) < 4.78 is 1.81. The Morgan fingerprint density at radius 2 is 1.79 bits per heavy atom. The van der Waals surface area contributed by atoms with E-state index in [0.717, 1.165) is 29.2 Å². The minimum atomic E-state index is -0.165. The maximum Gasteiger partial charge on any atom is 0.286 e. The largest absolute Gasteiger partial charge is 0.286 e. The zero-order valence-electron chi connectivity index (χ0n) is 21.8. The summed E-state index contributed by atoms with van der Waals surface area (Å²) in [5, 5.41) is 7.97. The summed E-state index contributed by atoms with van der Waals surface area (Å²) in [6, 6.07) is 9.66. The van der Waals surface area contributed by atoms with Crippen LogP contribution in [0.5, 0.6) is 0 Å². The van der Waals surface area contributed by atoms with Crippen molar-refractivity contribution < 1.29 is 4.79 Å². The number of hydrogen-bond acceptors (Lipinski definition) is 4. The first-order valence-corrected chi connectivity index (χ1v) is 15.4. The number of benzene rings is 1. The lowest BCUT2D eigenvalue weighted by molar-refractivity contribution is 0.0808. The highest BCUT2D eigenvalue weighted by Gasteiger charge is 2.37. The van der Waals surface area contributed by atoms with Gasteiger partial charge >= 0.3 is 0 Å². The quantitative estimate of drug-likeness (QED) is 0.326. The Hall–Kier alpha value is -2.12. The molecule has 0 radical (unpaired) electrons. The fourth-order valence-electron chi connectivity index (χ4n) is 6.48. The molecule has 8 heteroatoms. The zero-order chi connectivity index (χ0) is 26.2. The molecule has 1 N–H and O–H groups in total. The third-order valence-electron chi connectivity index (χ3n) is 8.50. The lowest BCUT2D eigenvalue weighted by Gasteiger charge is -2.17. The summed E-state index contributed by atoms with van der Waals surface area (Å²) in [5.74, 6) is 1.91. The van der Waals surface area contributed by atoms with Gasteiger partial charge in [0.25, 0.3) is 5.91 Å². The van der Waals surface area contributed by atoms with Crippen molar-refractivity contribution >= 4 is 46.5 Å². The van der Waals surface area contributed by atoms with Crippen LogP contribution in [0.25, 0.3) is 22.3 Å². The van der Waals surface area contributed by atoms with Crippen molar-refractivity contribution in [2.24, 2.45) is 17.8 Å². The molecule has 0 bridgehead atoms. The van der Waals surface area contributed by atoms with Gasteiger partial charge in [-0.1, -0.05) is 55.0 Å². The number of rotatable bonds is 6. The number of carbonyl (C=O) groups is 1.